The van der Waals surface area contributed by atoms with Crippen molar-refractivity contribution in [3.8, 4) is 0 Å². The van der Waals surface area contributed by atoms with E-state index in [1.807, 2.05) is 0 Å². The SMILES string of the molecule is CC(C)CCNC(N)=NCCCCN1CCC(C)CC1.I. The van der Waals surface area contributed by atoms with Crippen LogP contribution in [0.25, 0.3) is 0 Å². The van der Waals surface area contributed by atoms with Crippen LogP contribution in [0.2, 0.25) is 0 Å². The molecule has 1 rings (SSSR count). The van der Waals surface area contributed by atoms with E-state index in [4.69, 9.17) is 5.73 Å². The van der Waals surface area contributed by atoms with Crippen LogP contribution in [-0.4, -0.2) is 43.6 Å². The standard InChI is InChI=1S/C16H34N4.HI/c1-14(2)6-10-19-16(17)18-9-4-5-11-20-12-7-15(3)8-13-20;/h14-15H,4-13H2,1-3H3,(H3,17,18,19);1H. The molecule has 0 bridgehead atoms. The number of hydrogen-bond acceptors (Lipinski definition) is 2. The van der Waals surface area contributed by atoms with Gasteiger partial charge in [0.25, 0.3) is 0 Å². The molecule has 21 heavy (non-hydrogen) atoms. The Morgan fingerprint density at radius 3 is 2.57 bits per heavy atom. The fourth-order valence-corrected chi connectivity index (χ4v) is 2.48. The van der Waals surface area contributed by atoms with Gasteiger partial charge in [0.05, 0.1) is 0 Å². The fourth-order valence-electron chi connectivity index (χ4n) is 2.48. The third-order valence-corrected chi connectivity index (χ3v) is 4.07. The lowest BCUT2D eigenvalue weighted by molar-refractivity contribution is 0.190. The highest BCUT2D eigenvalue weighted by molar-refractivity contribution is 14.0. The molecule has 0 aliphatic carbocycles. The molecule has 1 saturated heterocycles. The number of rotatable bonds is 8. The summed E-state index contributed by atoms with van der Waals surface area (Å²) in [5, 5.41) is 3.18. The van der Waals surface area contributed by atoms with Gasteiger partial charge in [0.1, 0.15) is 0 Å². The highest BCUT2D eigenvalue weighted by Crippen LogP contribution is 2.16. The number of piperidine rings is 1. The van der Waals surface area contributed by atoms with Crippen molar-refractivity contribution in [3.05, 3.63) is 0 Å². The number of aliphatic imine (C=N–C) groups is 1. The zero-order valence-corrected chi connectivity index (χ0v) is 16.4. The molecule has 0 atom stereocenters. The molecule has 0 aromatic carbocycles. The van der Waals surface area contributed by atoms with Gasteiger partial charge in [-0.05, 0) is 63.6 Å². The van der Waals surface area contributed by atoms with Crippen molar-refractivity contribution in [2.24, 2.45) is 22.6 Å². The molecule has 0 aromatic rings. The van der Waals surface area contributed by atoms with Crippen molar-refractivity contribution in [1.29, 1.82) is 0 Å². The van der Waals surface area contributed by atoms with Crippen LogP contribution in [-0.2, 0) is 0 Å². The lowest BCUT2D eigenvalue weighted by Crippen LogP contribution is -2.34. The molecule has 0 unspecified atom stereocenters. The van der Waals surface area contributed by atoms with Gasteiger partial charge in [-0.1, -0.05) is 20.8 Å². The first-order valence-corrected chi connectivity index (χ1v) is 8.34. The first kappa shape index (κ1) is 21.0. The third-order valence-electron chi connectivity index (χ3n) is 4.07. The van der Waals surface area contributed by atoms with Crippen molar-refractivity contribution in [1.82, 2.24) is 10.2 Å². The van der Waals surface area contributed by atoms with Gasteiger partial charge < -0.3 is 16.0 Å². The van der Waals surface area contributed by atoms with Gasteiger partial charge in [0.2, 0.25) is 0 Å². The molecule has 3 N–H and O–H groups in total. The van der Waals surface area contributed by atoms with Crippen molar-refractivity contribution >= 4 is 29.9 Å². The minimum Gasteiger partial charge on any atom is -0.370 e. The molecule has 1 aliphatic rings. The summed E-state index contributed by atoms with van der Waals surface area (Å²) in [7, 11) is 0. The summed E-state index contributed by atoms with van der Waals surface area (Å²) in [6.45, 7) is 12.4. The molecule has 0 radical (unpaired) electrons. The highest BCUT2D eigenvalue weighted by Gasteiger charge is 2.14. The van der Waals surface area contributed by atoms with Crippen LogP contribution in [0.4, 0.5) is 0 Å². The monoisotopic (exact) mass is 410 g/mol. The molecule has 5 heteroatoms. The summed E-state index contributed by atoms with van der Waals surface area (Å²) >= 11 is 0. The number of hydrogen-bond donors (Lipinski definition) is 2. The average molecular weight is 410 g/mol. The van der Waals surface area contributed by atoms with Crippen LogP contribution < -0.4 is 11.1 Å². The lowest BCUT2D eigenvalue weighted by atomic mass is 9.99. The summed E-state index contributed by atoms with van der Waals surface area (Å²) < 4.78 is 0. The van der Waals surface area contributed by atoms with Crippen LogP contribution >= 0.6 is 24.0 Å². The first-order valence-electron chi connectivity index (χ1n) is 8.34. The van der Waals surface area contributed by atoms with Crippen molar-refractivity contribution in [3.63, 3.8) is 0 Å². The summed E-state index contributed by atoms with van der Waals surface area (Å²) in [4.78, 5) is 6.97. The van der Waals surface area contributed by atoms with E-state index in [1.54, 1.807) is 0 Å². The minimum atomic E-state index is 0. The number of unbranched alkanes of at least 4 members (excludes halogenated alkanes) is 1. The number of likely N-dealkylation sites (tertiary alicyclic amines) is 1. The fraction of sp³-hybridized carbons (Fsp3) is 0.938. The first-order chi connectivity index (χ1) is 9.58. The van der Waals surface area contributed by atoms with E-state index in [0.29, 0.717) is 11.9 Å². The van der Waals surface area contributed by atoms with Crippen LogP contribution in [0.1, 0.15) is 52.9 Å². The molecular formula is C16H35IN4. The molecule has 1 heterocycles. The predicted octanol–water partition coefficient (Wildman–Crippen LogP) is 3.07. The normalized spacial score (nSPS) is 17.8. The van der Waals surface area contributed by atoms with E-state index in [9.17, 15) is 0 Å². The maximum absolute atomic E-state index is 5.83. The second-order valence-electron chi connectivity index (χ2n) is 6.61. The maximum atomic E-state index is 5.83. The summed E-state index contributed by atoms with van der Waals surface area (Å²) in [6, 6.07) is 0. The van der Waals surface area contributed by atoms with Crippen molar-refractivity contribution < 1.29 is 0 Å². The molecule has 1 fully saturated rings. The Hall–Kier alpha value is -0.0400. The molecule has 4 nitrogen and oxygen atoms in total. The summed E-state index contributed by atoms with van der Waals surface area (Å²) in [5.74, 6) is 2.24. The van der Waals surface area contributed by atoms with E-state index in [2.05, 4.69) is 36.0 Å². The zero-order valence-electron chi connectivity index (χ0n) is 14.1. The number of guanidine groups is 1. The Labute approximate surface area is 148 Å². The number of nitrogens with one attached hydrogen (secondary N) is 1. The summed E-state index contributed by atoms with van der Waals surface area (Å²) in [5.41, 5.74) is 5.83. The van der Waals surface area contributed by atoms with Crippen LogP contribution in [0, 0.1) is 11.8 Å². The van der Waals surface area contributed by atoms with Gasteiger partial charge >= 0.3 is 0 Å². The Kier molecular flexibility index (Phi) is 12.5. The smallest absolute Gasteiger partial charge is 0.188 e. The van der Waals surface area contributed by atoms with Gasteiger partial charge in [-0.2, -0.15) is 0 Å². The Morgan fingerprint density at radius 1 is 1.29 bits per heavy atom. The van der Waals surface area contributed by atoms with E-state index in [-0.39, 0.29) is 24.0 Å². The van der Waals surface area contributed by atoms with E-state index < -0.39 is 0 Å². The number of halogens is 1. The van der Waals surface area contributed by atoms with Gasteiger partial charge in [0.15, 0.2) is 5.96 Å². The average Bonchev–Trinajstić information content (AvgIpc) is 2.40. The highest BCUT2D eigenvalue weighted by atomic mass is 127. The van der Waals surface area contributed by atoms with Gasteiger partial charge in [-0.25, -0.2) is 0 Å². The molecule has 0 aromatic heterocycles. The minimum absolute atomic E-state index is 0. The number of nitrogens with zero attached hydrogens (tertiary/aromatic N) is 2. The molecule has 0 spiro atoms. The van der Waals surface area contributed by atoms with Crippen LogP contribution in [0.15, 0.2) is 4.99 Å². The molecule has 1 aliphatic heterocycles. The molecule has 0 amide bonds. The van der Waals surface area contributed by atoms with Crippen LogP contribution in [0.5, 0.6) is 0 Å². The van der Waals surface area contributed by atoms with Crippen molar-refractivity contribution in [2.75, 3.05) is 32.7 Å². The third kappa shape index (κ3) is 11.2. The second kappa shape index (κ2) is 12.5. The topological polar surface area (TPSA) is 53.6 Å². The zero-order chi connectivity index (χ0) is 14.8. The molecule has 0 saturated carbocycles. The predicted molar refractivity (Wildman–Crippen MR) is 103 cm³/mol. The molecule has 126 valence electrons. The van der Waals surface area contributed by atoms with Gasteiger partial charge in [-0.15, -0.1) is 24.0 Å². The maximum Gasteiger partial charge on any atom is 0.188 e. The second-order valence-corrected chi connectivity index (χ2v) is 6.61. The van der Waals surface area contributed by atoms with Gasteiger partial charge in [-0.3, -0.25) is 4.99 Å². The molecular weight excluding hydrogens is 375 g/mol. The Bertz CT molecular complexity index is 273. The number of nitrogens with two attached hydrogens (primary N) is 1. The Balaban J connectivity index is 0.00000400. The van der Waals surface area contributed by atoms with Gasteiger partial charge in [0, 0.05) is 13.1 Å². The largest absolute Gasteiger partial charge is 0.370 e. The van der Waals surface area contributed by atoms with Crippen molar-refractivity contribution in [2.45, 2.75) is 52.9 Å². The van der Waals surface area contributed by atoms with E-state index in [1.165, 1.54) is 38.9 Å². The quantitative estimate of drug-likeness (QED) is 0.280. The summed E-state index contributed by atoms with van der Waals surface area (Å²) in [6.07, 6.45) is 6.25. The lowest BCUT2D eigenvalue weighted by Gasteiger charge is -2.30. The Morgan fingerprint density at radius 2 is 1.95 bits per heavy atom. The van der Waals surface area contributed by atoms with E-state index in [0.717, 1.165) is 31.8 Å². The van der Waals surface area contributed by atoms with E-state index >= 15 is 0 Å². The van der Waals surface area contributed by atoms with Crippen LogP contribution in [0.3, 0.4) is 0 Å².